The minimum atomic E-state index is -0.678. The van der Waals surface area contributed by atoms with E-state index in [2.05, 4.69) is 10.1 Å². The van der Waals surface area contributed by atoms with E-state index in [0.29, 0.717) is 5.82 Å². The second-order valence-corrected chi connectivity index (χ2v) is 4.21. The van der Waals surface area contributed by atoms with Gasteiger partial charge < -0.3 is 5.11 Å². The Morgan fingerprint density at radius 1 is 1.11 bits per heavy atom. The Morgan fingerprint density at radius 2 is 1.89 bits per heavy atom. The van der Waals surface area contributed by atoms with Gasteiger partial charge in [-0.3, -0.25) is 0 Å². The third kappa shape index (κ3) is 1.76. The first-order valence-corrected chi connectivity index (χ1v) is 5.80. The largest absolute Gasteiger partial charge is 0.382 e. The molecule has 0 bridgehead atoms. The predicted octanol–water partition coefficient (Wildman–Crippen LogP) is 2.12. The second kappa shape index (κ2) is 4.23. The lowest BCUT2D eigenvalue weighted by molar-refractivity contribution is 0.213. The molecule has 0 aliphatic carbocycles. The van der Waals surface area contributed by atoms with Crippen molar-refractivity contribution in [3.8, 4) is 0 Å². The zero-order chi connectivity index (χ0) is 12.5. The topological polar surface area (TPSA) is 50.4 Å². The molecule has 0 saturated heterocycles. The van der Waals surface area contributed by atoms with Gasteiger partial charge in [-0.25, -0.2) is 9.50 Å². The highest BCUT2D eigenvalue weighted by molar-refractivity contribution is 5.47. The zero-order valence-corrected chi connectivity index (χ0v) is 9.99. The van der Waals surface area contributed by atoms with Crippen molar-refractivity contribution in [2.24, 2.45) is 0 Å². The first kappa shape index (κ1) is 10.9. The highest BCUT2D eigenvalue weighted by Gasteiger charge is 2.14. The van der Waals surface area contributed by atoms with Crippen LogP contribution in [-0.2, 0) is 0 Å². The van der Waals surface area contributed by atoms with Gasteiger partial charge in [-0.2, -0.15) is 5.10 Å². The molecule has 0 aliphatic heterocycles. The third-order valence-electron chi connectivity index (χ3n) is 2.94. The lowest BCUT2D eigenvalue weighted by atomic mass is 10.1. The van der Waals surface area contributed by atoms with Crippen LogP contribution in [0.25, 0.3) is 5.52 Å². The van der Waals surface area contributed by atoms with Gasteiger partial charge in [0.2, 0.25) is 0 Å². The Hall–Kier alpha value is -2.20. The van der Waals surface area contributed by atoms with Gasteiger partial charge in [0.25, 0.3) is 0 Å². The quantitative estimate of drug-likeness (QED) is 0.745. The van der Waals surface area contributed by atoms with Crippen molar-refractivity contribution in [1.29, 1.82) is 0 Å². The number of benzene rings is 1. The average Bonchev–Trinajstić information content (AvgIpc) is 2.82. The smallest absolute Gasteiger partial charge is 0.146 e. The van der Waals surface area contributed by atoms with Gasteiger partial charge in [0.1, 0.15) is 11.9 Å². The van der Waals surface area contributed by atoms with E-state index in [-0.39, 0.29) is 0 Å². The Balaban J connectivity index is 2.12. The van der Waals surface area contributed by atoms with Crippen molar-refractivity contribution in [3.63, 3.8) is 0 Å². The van der Waals surface area contributed by atoms with Crippen LogP contribution in [0.4, 0.5) is 0 Å². The van der Waals surface area contributed by atoms with Gasteiger partial charge in [0.05, 0.1) is 17.4 Å². The molecule has 90 valence electrons. The Labute approximate surface area is 105 Å². The molecule has 1 unspecified atom stereocenters. The van der Waals surface area contributed by atoms with E-state index in [9.17, 15) is 5.11 Å². The molecule has 2 heterocycles. The summed E-state index contributed by atoms with van der Waals surface area (Å²) in [7, 11) is 0. The second-order valence-electron chi connectivity index (χ2n) is 4.21. The van der Waals surface area contributed by atoms with E-state index in [1.165, 1.54) is 0 Å². The van der Waals surface area contributed by atoms with E-state index in [1.54, 1.807) is 10.7 Å². The Kier molecular flexibility index (Phi) is 2.57. The van der Waals surface area contributed by atoms with Crippen molar-refractivity contribution in [3.05, 3.63) is 65.7 Å². The fourth-order valence-electron chi connectivity index (χ4n) is 2.02. The summed E-state index contributed by atoms with van der Waals surface area (Å²) in [4.78, 5) is 4.14. The molecule has 1 N–H and O–H groups in total. The van der Waals surface area contributed by atoms with E-state index in [0.717, 1.165) is 16.8 Å². The molecule has 0 spiro atoms. The third-order valence-corrected chi connectivity index (χ3v) is 2.94. The van der Waals surface area contributed by atoms with Gasteiger partial charge in [-0.15, -0.1) is 0 Å². The van der Waals surface area contributed by atoms with Gasteiger partial charge in [0, 0.05) is 0 Å². The number of hydrogen-bond donors (Lipinski definition) is 1. The maximum atomic E-state index is 10.4. The summed E-state index contributed by atoms with van der Waals surface area (Å²) >= 11 is 0. The lowest BCUT2D eigenvalue weighted by Crippen LogP contribution is -2.07. The normalized spacial score (nSPS) is 12.8. The van der Waals surface area contributed by atoms with Crippen molar-refractivity contribution in [1.82, 2.24) is 14.6 Å². The van der Waals surface area contributed by atoms with Crippen molar-refractivity contribution >= 4 is 5.52 Å². The van der Waals surface area contributed by atoms with Crippen LogP contribution in [0.1, 0.15) is 23.2 Å². The molecule has 18 heavy (non-hydrogen) atoms. The van der Waals surface area contributed by atoms with Crippen LogP contribution in [0, 0.1) is 6.92 Å². The van der Waals surface area contributed by atoms with E-state index >= 15 is 0 Å². The Morgan fingerprint density at radius 3 is 2.67 bits per heavy atom. The highest BCUT2D eigenvalue weighted by Crippen LogP contribution is 2.22. The van der Waals surface area contributed by atoms with Gasteiger partial charge in [0.15, 0.2) is 0 Å². The molecule has 3 rings (SSSR count). The maximum absolute atomic E-state index is 10.4. The first-order chi connectivity index (χ1) is 8.75. The van der Waals surface area contributed by atoms with Crippen LogP contribution in [-0.4, -0.2) is 19.7 Å². The molecule has 3 aromatic rings. The molecular weight excluding hydrogens is 226 g/mol. The molecule has 1 atom stereocenters. The van der Waals surface area contributed by atoms with Crippen molar-refractivity contribution in [2.45, 2.75) is 13.0 Å². The lowest BCUT2D eigenvalue weighted by Gasteiger charge is -2.10. The maximum Gasteiger partial charge on any atom is 0.146 e. The molecule has 0 amide bonds. The fraction of sp³-hybridized carbons (Fsp3) is 0.143. The molecule has 0 saturated carbocycles. The summed E-state index contributed by atoms with van der Waals surface area (Å²) < 4.78 is 1.74. The van der Waals surface area contributed by atoms with Gasteiger partial charge in [-0.1, -0.05) is 30.3 Å². The molecule has 1 aromatic carbocycles. The van der Waals surface area contributed by atoms with Crippen LogP contribution in [0.15, 0.2) is 48.7 Å². The Bertz CT molecular complexity index is 676. The number of aliphatic hydroxyl groups excluding tert-OH is 1. The minimum absolute atomic E-state index is 0.678. The summed E-state index contributed by atoms with van der Waals surface area (Å²) in [5.41, 5.74) is 2.49. The highest BCUT2D eigenvalue weighted by atomic mass is 16.3. The first-order valence-electron chi connectivity index (χ1n) is 5.80. The molecule has 4 heteroatoms. The van der Waals surface area contributed by atoms with Crippen LogP contribution in [0.2, 0.25) is 0 Å². The SMILES string of the molecule is Cc1ncc2ccc(C(O)c3ccccc3)n2n1. The minimum Gasteiger partial charge on any atom is -0.382 e. The monoisotopic (exact) mass is 239 g/mol. The summed E-state index contributed by atoms with van der Waals surface area (Å²) in [5, 5.41) is 14.7. The summed E-state index contributed by atoms with van der Waals surface area (Å²) in [6.07, 6.45) is 1.08. The number of hydrogen-bond acceptors (Lipinski definition) is 3. The molecule has 0 fully saturated rings. The molecular formula is C14H13N3O. The number of fused-ring (bicyclic) bond motifs is 1. The van der Waals surface area contributed by atoms with Crippen LogP contribution < -0.4 is 0 Å². The number of aryl methyl sites for hydroxylation is 1. The van der Waals surface area contributed by atoms with E-state index in [4.69, 9.17) is 0 Å². The molecule has 4 nitrogen and oxygen atoms in total. The van der Waals surface area contributed by atoms with Crippen LogP contribution in [0.5, 0.6) is 0 Å². The van der Waals surface area contributed by atoms with Crippen LogP contribution >= 0.6 is 0 Å². The standard InChI is InChI=1S/C14H13N3O/c1-10-15-9-12-7-8-13(17(12)16-10)14(18)11-5-3-2-4-6-11/h2-9,14,18H,1H3. The predicted molar refractivity (Wildman–Crippen MR) is 68.2 cm³/mol. The fourth-order valence-corrected chi connectivity index (χ4v) is 2.02. The summed E-state index contributed by atoms with van der Waals surface area (Å²) in [5.74, 6) is 0.681. The number of rotatable bonds is 2. The number of nitrogens with zero attached hydrogens (tertiary/aromatic N) is 3. The van der Waals surface area contributed by atoms with Gasteiger partial charge >= 0.3 is 0 Å². The summed E-state index contributed by atoms with van der Waals surface area (Å²) in [6, 6.07) is 13.3. The summed E-state index contributed by atoms with van der Waals surface area (Å²) in [6.45, 7) is 1.83. The molecule has 0 aliphatic rings. The number of aliphatic hydroxyl groups is 1. The van der Waals surface area contributed by atoms with Crippen molar-refractivity contribution in [2.75, 3.05) is 0 Å². The van der Waals surface area contributed by atoms with Gasteiger partial charge in [-0.05, 0) is 24.6 Å². The van der Waals surface area contributed by atoms with E-state index < -0.39 is 6.10 Å². The molecule has 2 aromatic heterocycles. The van der Waals surface area contributed by atoms with E-state index in [1.807, 2.05) is 49.4 Å². The zero-order valence-electron chi connectivity index (χ0n) is 9.99. The van der Waals surface area contributed by atoms with Crippen molar-refractivity contribution < 1.29 is 5.11 Å². The van der Waals surface area contributed by atoms with Crippen LogP contribution in [0.3, 0.4) is 0 Å². The number of aromatic nitrogens is 3. The average molecular weight is 239 g/mol. The molecule has 0 radical (unpaired) electrons.